The van der Waals surface area contributed by atoms with E-state index in [9.17, 15) is 13.2 Å². The van der Waals surface area contributed by atoms with Crippen molar-refractivity contribution in [3.63, 3.8) is 0 Å². The molecule has 0 aliphatic heterocycles. The van der Waals surface area contributed by atoms with Gasteiger partial charge in [-0.15, -0.1) is 0 Å². The van der Waals surface area contributed by atoms with E-state index in [1.165, 1.54) is 19.3 Å². The topological polar surface area (TPSA) is 38.0 Å². The van der Waals surface area contributed by atoms with Gasteiger partial charge in [0.2, 0.25) is 0 Å². The van der Waals surface area contributed by atoms with Crippen LogP contribution in [0.1, 0.15) is 64.7 Å². The minimum Gasteiger partial charge on any atom is -0.271 e. The Morgan fingerprint density at radius 1 is 1.21 bits per heavy atom. The van der Waals surface area contributed by atoms with Crippen LogP contribution in [0.15, 0.2) is 0 Å². The van der Waals surface area contributed by atoms with Crippen LogP contribution >= 0.6 is 0 Å². The van der Waals surface area contributed by atoms with Gasteiger partial charge in [-0.2, -0.15) is 13.2 Å². The number of hydrogen-bond acceptors (Lipinski definition) is 2. The molecule has 5 heteroatoms. The monoisotopic (exact) mass is 280 g/mol. The number of unbranched alkanes of at least 4 members (excludes halogenated alkanes) is 1. The largest absolute Gasteiger partial charge is 0.389 e. The van der Waals surface area contributed by atoms with Crippen molar-refractivity contribution >= 4 is 0 Å². The van der Waals surface area contributed by atoms with Crippen molar-refractivity contribution in [2.24, 2.45) is 17.7 Å². The maximum atomic E-state index is 12.3. The Bertz CT molecular complexity index is 235. The first kappa shape index (κ1) is 16.8. The number of rotatable bonds is 7. The smallest absolute Gasteiger partial charge is 0.271 e. The Balaban J connectivity index is 2.31. The van der Waals surface area contributed by atoms with Crippen LogP contribution in [0.4, 0.5) is 13.2 Å². The van der Waals surface area contributed by atoms with Crippen molar-refractivity contribution in [2.45, 2.75) is 76.9 Å². The lowest BCUT2D eigenvalue weighted by Gasteiger charge is -2.33. The van der Waals surface area contributed by atoms with Gasteiger partial charge in [-0.05, 0) is 31.1 Å². The third-order valence-electron chi connectivity index (χ3n) is 4.38. The number of alkyl halides is 3. The van der Waals surface area contributed by atoms with E-state index >= 15 is 0 Å². The highest BCUT2D eigenvalue weighted by Gasteiger charge is 2.32. The summed E-state index contributed by atoms with van der Waals surface area (Å²) in [5.74, 6) is 6.52. The van der Waals surface area contributed by atoms with Gasteiger partial charge in [0.05, 0.1) is 0 Å². The van der Waals surface area contributed by atoms with Crippen LogP contribution in [0.5, 0.6) is 0 Å². The van der Waals surface area contributed by atoms with Gasteiger partial charge in [-0.1, -0.05) is 39.0 Å². The summed E-state index contributed by atoms with van der Waals surface area (Å²) in [6.45, 7) is 2.19. The van der Waals surface area contributed by atoms with Gasteiger partial charge in [0.15, 0.2) is 0 Å². The van der Waals surface area contributed by atoms with E-state index < -0.39 is 12.6 Å². The molecule has 114 valence electrons. The van der Waals surface area contributed by atoms with Gasteiger partial charge in [0, 0.05) is 12.5 Å². The van der Waals surface area contributed by atoms with Crippen molar-refractivity contribution in [1.29, 1.82) is 0 Å². The summed E-state index contributed by atoms with van der Waals surface area (Å²) in [5.41, 5.74) is 2.60. The third-order valence-corrected chi connectivity index (χ3v) is 4.38. The lowest BCUT2D eigenvalue weighted by atomic mass is 9.76. The standard InChI is InChI=1S/C14H27F3N2/c1-2-3-4-11-5-7-12(8-6-11)13(19-18)9-10-14(15,16)17/h11-13,19H,2-10,18H2,1H3. The first-order chi connectivity index (χ1) is 8.96. The number of nitrogens with one attached hydrogen (secondary N) is 1. The van der Waals surface area contributed by atoms with E-state index in [1.807, 2.05) is 0 Å². The lowest BCUT2D eigenvalue weighted by Crippen LogP contribution is -2.42. The van der Waals surface area contributed by atoms with E-state index in [0.717, 1.165) is 31.6 Å². The molecule has 1 unspecified atom stereocenters. The number of hydrazine groups is 1. The summed E-state index contributed by atoms with van der Waals surface area (Å²) in [6, 6.07) is -0.186. The van der Waals surface area contributed by atoms with Gasteiger partial charge in [-0.25, -0.2) is 0 Å². The highest BCUT2D eigenvalue weighted by molar-refractivity contribution is 4.81. The molecule has 1 aliphatic carbocycles. The average Bonchev–Trinajstić information content (AvgIpc) is 2.37. The van der Waals surface area contributed by atoms with Crippen LogP contribution in [0, 0.1) is 11.8 Å². The van der Waals surface area contributed by atoms with Gasteiger partial charge in [-0.3, -0.25) is 11.3 Å². The summed E-state index contributed by atoms with van der Waals surface area (Å²) in [4.78, 5) is 0. The second-order valence-corrected chi connectivity index (χ2v) is 5.85. The first-order valence-electron chi connectivity index (χ1n) is 7.49. The van der Waals surface area contributed by atoms with E-state index in [0.29, 0.717) is 5.92 Å². The van der Waals surface area contributed by atoms with Gasteiger partial charge >= 0.3 is 6.18 Å². The molecular weight excluding hydrogens is 253 g/mol. The molecule has 2 nitrogen and oxygen atoms in total. The van der Waals surface area contributed by atoms with Crippen LogP contribution < -0.4 is 11.3 Å². The van der Waals surface area contributed by atoms with E-state index in [2.05, 4.69) is 12.3 Å². The molecule has 0 aromatic carbocycles. The Kier molecular flexibility index (Phi) is 7.15. The molecule has 1 fully saturated rings. The fraction of sp³-hybridized carbons (Fsp3) is 1.00. The zero-order valence-corrected chi connectivity index (χ0v) is 11.8. The SMILES string of the molecule is CCCCC1CCC(C(CCC(F)(F)F)NN)CC1. The molecule has 0 spiro atoms. The molecule has 0 heterocycles. The van der Waals surface area contributed by atoms with Gasteiger partial charge in [0.25, 0.3) is 0 Å². The predicted molar refractivity (Wildman–Crippen MR) is 71.4 cm³/mol. The van der Waals surface area contributed by atoms with Crippen molar-refractivity contribution in [3.05, 3.63) is 0 Å². The van der Waals surface area contributed by atoms with Crippen molar-refractivity contribution in [1.82, 2.24) is 5.43 Å². The fourth-order valence-electron chi connectivity index (χ4n) is 3.15. The number of hydrogen-bond donors (Lipinski definition) is 2. The predicted octanol–water partition coefficient (Wildman–Crippen LogP) is 4.16. The zero-order valence-electron chi connectivity index (χ0n) is 11.8. The van der Waals surface area contributed by atoms with E-state index in [4.69, 9.17) is 5.84 Å². The Labute approximate surface area is 114 Å². The second-order valence-electron chi connectivity index (χ2n) is 5.85. The summed E-state index contributed by atoms with van der Waals surface area (Å²) in [6.07, 6.45) is 3.37. The highest BCUT2D eigenvalue weighted by Crippen LogP contribution is 2.35. The summed E-state index contributed by atoms with van der Waals surface area (Å²) >= 11 is 0. The zero-order chi connectivity index (χ0) is 14.3. The second kappa shape index (κ2) is 8.10. The molecule has 0 aromatic rings. The van der Waals surface area contributed by atoms with Crippen molar-refractivity contribution < 1.29 is 13.2 Å². The van der Waals surface area contributed by atoms with Crippen molar-refractivity contribution in [2.75, 3.05) is 0 Å². The molecular formula is C14H27F3N2. The molecule has 1 atom stereocenters. The quantitative estimate of drug-likeness (QED) is 0.543. The Hall–Kier alpha value is -0.290. The minimum atomic E-state index is -4.08. The lowest BCUT2D eigenvalue weighted by molar-refractivity contribution is -0.137. The molecule has 19 heavy (non-hydrogen) atoms. The molecule has 3 N–H and O–H groups in total. The van der Waals surface area contributed by atoms with Crippen LogP contribution in [-0.4, -0.2) is 12.2 Å². The molecule has 1 rings (SSSR count). The van der Waals surface area contributed by atoms with E-state index in [1.54, 1.807) is 0 Å². The van der Waals surface area contributed by atoms with Crippen molar-refractivity contribution in [3.8, 4) is 0 Å². The normalized spacial score (nSPS) is 26.4. The number of nitrogens with two attached hydrogens (primary N) is 1. The fourth-order valence-corrected chi connectivity index (χ4v) is 3.15. The molecule has 0 saturated heterocycles. The van der Waals surface area contributed by atoms with E-state index in [-0.39, 0.29) is 12.5 Å². The molecule has 1 saturated carbocycles. The highest BCUT2D eigenvalue weighted by atomic mass is 19.4. The van der Waals surface area contributed by atoms with Gasteiger partial charge < -0.3 is 0 Å². The maximum Gasteiger partial charge on any atom is 0.389 e. The first-order valence-corrected chi connectivity index (χ1v) is 7.49. The van der Waals surface area contributed by atoms with Crippen LogP contribution in [-0.2, 0) is 0 Å². The average molecular weight is 280 g/mol. The summed E-state index contributed by atoms with van der Waals surface area (Å²) in [5, 5.41) is 0. The molecule has 0 radical (unpaired) electrons. The summed E-state index contributed by atoms with van der Waals surface area (Å²) in [7, 11) is 0. The van der Waals surface area contributed by atoms with Crippen LogP contribution in [0.25, 0.3) is 0 Å². The molecule has 0 bridgehead atoms. The maximum absolute atomic E-state index is 12.3. The minimum absolute atomic E-state index is 0.101. The Morgan fingerprint density at radius 3 is 2.32 bits per heavy atom. The molecule has 0 aromatic heterocycles. The number of halogens is 3. The third kappa shape index (κ3) is 6.61. The van der Waals surface area contributed by atoms with Crippen LogP contribution in [0.2, 0.25) is 0 Å². The van der Waals surface area contributed by atoms with Crippen LogP contribution in [0.3, 0.4) is 0 Å². The molecule has 0 amide bonds. The summed E-state index contributed by atoms with van der Waals surface area (Å²) < 4.78 is 36.8. The van der Waals surface area contributed by atoms with Gasteiger partial charge in [0.1, 0.15) is 0 Å². The molecule has 1 aliphatic rings. The Morgan fingerprint density at radius 2 is 1.84 bits per heavy atom.